The van der Waals surface area contributed by atoms with Crippen molar-refractivity contribution in [1.82, 2.24) is 10.2 Å². The minimum atomic E-state index is -3.00. The molecule has 1 fully saturated rings. The van der Waals surface area contributed by atoms with Crippen molar-refractivity contribution in [3.8, 4) is 5.75 Å². The van der Waals surface area contributed by atoms with Gasteiger partial charge in [-0.1, -0.05) is 6.07 Å². The molecule has 1 saturated heterocycles. The van der Waals surface area contributed by atoms with Gasteiger partial charge >= 0.3 is 6.61 Å². The fourth-order valence-corrected chi connectivity index (χ4v) is 2.99. The summed E-state index contributed by atoms with van der Waals surface area (Å²) in [5, 5.41) is 3.01. The zero-order chi connectivity index (χ0) is 18.9. The lowest BCUT2D eigenvalue weighted by Gasteiger charge is -2.27. The van der Waals surface area contributed by atoms with Crippen LogP contribution in [-0.4, -0.2) is 51.3 Å². The number of aliphatic imine (C=N–C) groups is 1. The Labute approximate surface area is 152 Å². The highest BCUT2D eigenvalue weighted by molar-refractivity contribution is 5.79. The molecule has 1 aromatic carbocycles. The molecule has 2 rings (SSSR count). The molecular formula is C18H26F3N3O2. The third kappa shape index (κ3) is 6.09. The predicted octanol–water partition coefficient (Wildman–Crippen LogP) is 3.25. The van der Waals surface area contributed by atoms with Crippen molar-refractivity contribution in [3.63, 3.8) is 0 Å². The van der Waals surface area contributed by atoms with Crippen LogP contribution in [0.3, 0.4) is 0 Å². The first-order valence-electron chi connectivity index (χ1n) is 8.73. The van der Waals surface area contributed by atoms with E-state index in [1.807, 2.05) is 11.9 Å². The van der Waals surface area contributed by atoms with Gasteiger partial charge in [-0.15, -0.1) is 0 Å². The van der Waals surface area contributed by atoms with Gasteiger partial charge in [-0.3, -0.25) is 4.99 Å². The Morgan fingerprint density at radius 2 is 2.12 bits per heavy atom. The summed E-state index contributed by atoms with van der Waals surface area (Å²) in [5.74, 6) is 0.425. The smallest absolute Gasteiger partial charge is 0.387 e. The van der Waals surface area contributed by atoms with E-state index in [1.54, 1.807) is 7.05 Å². The van der Waals surface area contributed by atoms with Crippen molar-refractivity contribution in [2.45, 2.75) is 32.4 Å². The van der Waals surface area contributed by atoms with E-state index in [0.717, 1.165) is 39.0 Å². The van der Waals surface area contributed by atoms with E-state index < -0.39 is 12.4 Å². The second-order valence-electron chi connectivity index (χ2n) is 6.26. The first-order chi connectivity index (χ1) is 12.5. The molecule has 0 atom stereocenters. The van der Waals surface area contributed by atoms with Gasteiger partial charge in [0.05, 0.1) is 0 Å². The van der Waals surface area contributed by atoms with E-state index in [0.29, 0.717) is 11.9 Å². The topological polar surface area (TPSA) is 46.1 Å². The summed E-state index contributed by atoms with van der Waals surface area (Å²) in [6, 6.07) is 3.88. The maximum atomic E-state index is 14.0. The molecule has 0 radical (unpaired) electrons. The number of hydrogen-bond donors (Lipinski definition) is 1. The number of halogens is 3. The third-order valence-electron chi connectivity index (χ3n) is 4.50. The molecule has 26 heavy (non-hydrogen) atoms. The Balaban J connectivity index is 1.91. The van der Waals surface area contributed by atoms with E-state index >= 15 is 0 Å². The largest absolute Gasteiger partial charge is 0.434 e. The van der Waals surface area contributed by atoms with Gasteiger partial charge in [0.25, 0.3) is 0 Å². The highest BCUT2D eigenvalue weighted by Crippen LogP contribution is 2.23. The van der Waals surface area contributed by atoms with Gasteiger partial charge in [0.2, 0.25) is 0 Å². The lowest BCUT2D eigenvalue weighted by Crippen LogP contribution is -2.40. The van der Waals surface area contributed by atoms with Crippen LogP contribution in [0, 0.1) is 11.7 Å². The Morgan fingerprint density at radius 3 is 2.77 bits per heavy atom. The Morgan fingerprint density at radius 1 is 1.38 bits per heavy atom. The number of hydrogen-bond acceptors (Lipinski definition) is 3. The second-order valence-corrected chi connectivity index (χ2v) is 6.26. The number of nitrogens with one attached hydrogen (secondary N) is 1. The van der Waals surface area contributed by atoms with E-state index in [-0.39, 0.29) is 17.9 Å². The SMILES string of the molecule is CN=C(NCc1c(F)cccc1OC(F)F)N(C)CCC1CCOCC1. The molecule has 0 unspecified atom stereocenters. The molecule has 1 heterocycles. The number of benzene rings is 1. The molecule has 0 amide bonds. The predicted molar refractivity (Wildman–Crippen MR) is 94.0 cm³/mol. The van der Waals surface area contributed by atoms with E-state index in [9.17, 15) is 13.2 Å². The number of alkyl halides is 2. The van der Waals surface area contributed by atoms with Crippen LogP contribution in [-0.2, 0) is 11.3 Å². The number of ether oxygens (including phenoxy) is 2. The van der Waals surface area contributed by atoms with Crippen LogP contribution in [0.1, 0.15) is 24.8 Å². The summed E-state index contributed by atoms with van der Waals surface area (Å²) in [6.07, 6.45) is 3.13. The highest BCUT2D eigenvalue weighted by Gasteiger charge is 2.17. The van der Waals surface area contributed by atoms with Crippen LogP contribution in [0.25, 0.3) is 0 Å². The van der Waals surface area contributed by atoms with Gasteiger partial charge in [0.1, 0.15) is 11.6 Å². The quantitative estimate of drug-likeness (QED) is 0.589. The van der Waals surface area contributed by atoms with E-state index in [2.05, 4.69) is 15.0 Å². The highest BCUT2D eigenvalue weighted by atomic mass is 19.3. The van der Waals surface area contributed by atoms with Crippen molar-refractivity contribution >= 4 is 5.96 Å². The fourth-order valence-electron chi connectivity index (χ4n) is 2.99. The van der Waals surface area contributed by atoms with Crippen LogP contribution in [0.5, 0.6) is 5.75 Å². The third-order valence-corrected chi connectivity index (χ3v) is 4.50. The molecule has 5 nitrogen and oxygen atoms in total. The average Bonchev–Trinajstić information content (AvgIpc) is 2.62. The molecule has 1 aromatic rings. The van der Waals surface area contributed by atoms with Crippen molar-refractivity contribution in [3.05, 3.63) is 29.6 Å². The summed E-state index contributed by atoms with van der Waals surface area (Å²) in [4.78, 5) is 6.13. The minimum absolute atomic E-state index is 0.00298. The lowest BCUT2D eigenvalue weighted by atomic mass is 9.96. The molecule has 1 N–H and O–H groups in total. The van der Waals surface area contributed by atoms with Gasteiger partial charge in [0, 0.05) is 46.0 Å². The standard InChI is InChI=1S/C18H26F3N3O2/c1-22-18(24(2)9-6-13-7-10-25-11-8-13)23-12-14-15(19)4-3-5-16(14)26-17(20)21/h3-5,13,17H,6-12H2,1-2H3,(H,22,23). The number of guanidine groups is 1. The lowest BCUT2D eigenvalue weighted by molar-refractivity contribution is -0.0506. The van der Waals surface area contributed by atoms with Crippen molar-refractivity contribution in [2.75, 3.05) is 33.9 Å². The van der Waals surface area contributed by atoms with Gasteiger partial charge < -0.3 is 19.7 Å². The van der Waals surface area contributed by atoms with Crippen LogP contribution in [0.4, 0.5) is 13.2 Å². The van der Waals surface area contributed by atoms with Crippen LogP contribution in [0.2, 0.25) is 0 Å². The Kier molecular flexibility index (Phi) is 8.03. The van der Waals surface area contributed by atoms with E-state index in [4.69, 9.17) is 4.74 Å². The zero-order valence-corrected chi connectivity index (χ0v) is 15.2. The number of nitrogens with zero attached hydrogens (tertiary/aromatic N) is 2. The van der Waals surface area contributed by atoms with Crippen LogP contribution in [0.15, 0.2) is 23.2 Å². The van der Waals surface area contributed by atoms with Crippen molar-refractivity contribution < 1.29 is 22.6 Å². The molecule has 0 saturated carbocycles. The molecule has 0 aliphatic carbocycles. The number of rotatable bonds is 7. The molecule has 0 bridgehead atoms. The average molecular weight is 373 g/mol. The molecule has 1 aliphatic rings. The molecular weight excluding hydrogens is 347 g/mol. The first kappa shape index (κ1) is 20.4. The second kappa shape index (κ2) is 10.3. The summed E-state index contributed by atoms with van der Waals surface area (Å²) >= 11 is 0. The summed E-state index contributed by atoms with van der Waals surface area (Å²) < 4.78 is 48.8. The molecule has 1 aliphatic heterocycles. The maximum Gasteiger partial charge on any atom is 0.387 e. The van der Waals surface area contributed by atoms with E-state index in [1.165, 1.54) is 18.2 Å². The van der Waals surface area contributed by atoms with Crippen LogP contribution < -0.4 is 10.1 Å². The van der Waals surface area contributed by atoms with Gasteiger partial charge in [0.15, 0.2) is 5.96 Å². The molecule has 146 valence electrons. The fraction of sp³-hybridized carbons (Fsp3) is 0.611. The van der Waals surface area contributed by atoms with Gasteiger partial charge in [-0.05, 0) is 37.3 Å². The first-order valence-corrected chi connectivity index (χ1v) is 8.73. The summed E-state index contributed by atoms with van der Waals surface area (Å²) in [6.45, 7) is -0.592. The zero-order valence-electron chi connectivity index (χ0n) is 15.2. The molecule has 0 spiro atoms. The van der Waals surface area contributed by atoms with Crippen LogP contribution >= 0.6 is 0 Å². The summed E-state index contributed by atoms with van der Waals surface area (Å²) in [7, 11) is 3.53. The molecule has 8 heteroatoms. The van der Waals surface area contributed by atoms with Crippen molar-refractivity contribution in [2.24, 2.45) is 10.9 Å². The Bertz CT molecular complexity index is 593. The monoisotopic (exact) mass is 373 g/mol. The van der Waals surface area contributed by atoms with Gasteiger partial charge in [-0.25, -0.2) is 4.39 Å². The Hall–Kier alpha value is -1.96. The summed E-state index contributed by atoms with van der Waals surface area (Å²) in [5.41, 5.74) is 0.0479. The minimum Gasteiger partial charge on any atom is -0.434 e. The normalized spacial score (nSPS) is 16.0. The van der Waals surface area contributed by atoms with Crippen molar-refractivity contribution in [1.29, 1.82) is 0 Å². The van der Waals surface area contributed by atoms with Gasteiger partial charge in [-0.2, -0.15) is 8.78 Å². The maximum absolute atomic E-state index is 14.0. The molecule has 0 aromatic heterocycles.